The van der Waals surface area contributed by atoms with Crippen LogP contribution in [0.1, 0.15) is 16.7 Å². The summed E-state index contributed by atoms with van der Waals surface area (Å²) in [5, 5.41) is 35.3. The Hall–Kier alpha value is -2.15. The first-order valence-corrected chi connectivity index (χ1v) is 10.8. The van der Waals surface area contributed by atoms with Gasteiger partial charge in [-0.3, -0.25) is 4.90 Å². The largest absolute Gasteiger partial charge is 0.508 e. The van der Waals surface area contributed by atoms with Gasteiger partial charge < -0.3 is 20.6 Å². The van der Waals surface area contributed by atoms with E-state index in [1.807, 2.05) is 0 Å². The smallest absolute Gasteiger partial charge is 0.120 e. The normalized spacial score (nSPS) is 11.2. The minimum absolute atomic E-state index is 0.154. The molecule has 31 heavy (non-hydrogen) atoms. The number of phenols is 3. The van der Waals surface area contributed by atoms with E-state index < -0.39 is 0 Å². The van der Waals surface area contributed by atoms with E-state index in [0.29, 0.717) is 64.5 Å². The highest BCUT2D eigenvalue weighted by Gasteiger charge is 2.13. The van der Waals surface area contributed by atoms with Crippen molar-refractivity contribution in [2.24, 2.45) is 0 Å². The molecular weight excluding hydrogens is 459 g/mol. The third kappa shape index (κ3) is 6.92. The Balaban J connectivity index is 1.69. The van der Waals surface area contributed by atoms with Crippen LogP contribution in [0.5, 0.6) is 17.2 Å². The number of phenolic OH excluding ortho intramolecular Hbond substituents is 3. The molecule has 8 heteroatoms. The van der Waals surface area contributed by atoms with E-state index in [1.165, 1.54) is 0 Å². The van der Waals surface area contributed by atoms with Crippen LogP contribution in [-0.2, 0) is 19.6 Å². The lowest BCUT2D eigenvalue weighted by Gasteiger charge is -2.24. The molecule has 0 heterocycles. The fraction of sp³-hybridized carbons (Fsp3) is 0.217. The number of hydrogen-bond acceptors (Lipinski definition) is 5. The Kier molecular flexibility index (Phi) is 8.29. The Morgan fingerprint density at radius 3 is 1.55 bits per heavy atom. The maximum absolute atomic E-state index is 10.2. The molecule has 4 N–H and O–H groups in total. The van der Waals surface area contributed by atoms with Crippen LogP contribution >= 0.6 is 34.8 Å². The lowest BCUT2D eigenvalue weighted by atomic mass is 10.1. The average molecular weight is 482 g/mol. The third-order valence-electron chi connectivity index (χ3n) is 4.83. The standard InChI is InChI=1S/C23H23Cl3N2O3/c24-18-1-4-21(29)15(9-18)12-27-7-8-28(13-16-10-19(25)2-5-22(16)30)14-17-11-20(26)3-6-23(17)31/h1-6,9-11,27,29-31H,7-8,12-14H2. The van der Waals surface area contributed by atoms with Crippen molar-refractivity contribution < 1.29 is 15.3 Å². The minimum atomic E-state index is 0.154. The fourth-order valence-corrected chi connectivity index (χ4v) is 3.80. The van der Waals surface area contributed by atoms with Gasteiger partial charge in [0.2, 0.25) is 0 Å². The highest BCUT2D eigenvalue weighted by Crippen LogP contribution is 2.27. The van der Waals surface area contributed by atoms with Crippen LogP contribution in [0.3, 0.4) is 0 Å². The van der Waals surface area contributed by atoms with E-state index in [-0.39, 0.29) is 17.2 Å². The van der Waals surface area contributed by atoms with Crippen molar-refractivity contribution in [2.45, 2.75) is 19.6 Å². The van der Waals surface area contributed by atoms with Gasteiger partial charge in [-0.15, -0.1) is 0 Å². The second kappa shape index (κ2) is 10.9. The predicted octanol–water partition coefficient (Wildman–Crippen LogP) is 5.56. The molecule has 0 unspecified atom stereocenters. The zero-order valence-corrected chi connectivity index (χ0v) is 18.9. The van der Waals surface area contributed by atoms with Gasteiger partial charge in [0.25, 0.3) is 0 Å². The molecule has 5 nitrogen and oxygen atoms in total. The Bertz CT molecular complexity index is 993. The summed E-state index contributed by atoms with van der Waals surface area (Å²) in [5.41, 5.74) is 2.07. The van der Waals surface area contributed by atoms with E-state index in [0.717, 1.165) is 0 Å². The van der Waals surface area contributed by atoms with E-state index in [9.17, 15) is 15.3 Å². The molecule has 164 valence electrons. The van der Waals surface area contributed by atoms with Gasteiger partial charge in [0.05, 0.1) is 0 Å². The number of nitrogens with zero attached hydrogens (tertiary/aromatic N) is 1. The number of hydrogen-bond donors (Lipinski definition) is 4. The molecule has 3 aromatic carbocycles. The number of nitrogens with one attached hydrogen (secondary N) is 1. The summed E-state index contributed by atoms with van der Waals surface area (Å²) < 4.78 is 0. The highest BCUT2D eigenvalue weighted by molar-refractivity contribution is 6.31. The summed E-state index contributed by atoms with van der Waals surface area (Å²) >= 11 is 18.2. The summed E-state index contributed by atoms with van der Waals surface area (Å²) in [6.45, 7) is 2.48. The van der Waals surface area contributed by atoms with Crippen LogP contribution in [0, 0.1) is 0 Å². The van der Waals surface area contributed by atoms with Crippen molar-refractivity contribution in [3.05, 3.63) is 86.4 Å². The van der Waals surface area contributed by atoms with E-state index in [4.69, 9.17) is 34.8 Å². The maximum Gasteiger partial charge on any atom is 0.120 e. The van der Waals surface area contributed by atoms with Crippen LogP contribution < -0.4 is 5.32 Å². The second-order valence-electron chi connectivity index (χ2n) is 7.21. The van der Waals surface area contributed by atoms with Gasteiger partial charge in [-0.25, -0.2) is 0 Å². The van der Waals surface area contributed by atoms with Crippen molar-refractivity contribution >= 4 is 34.8 Å². The number of halogens is 3. The van der Waals surface area contributed by atoms with Gasteiger partial charge in [-0.1, -0.05) is 34.8 Å². The monoisotopic (exact) mass is 480 g/mol. The molecule has 0 aromatic heterocycles. The van der Waals surface area contributed by atoms with Crippen LogP contribution in [-0.4, -0.2) is 33.3 Å². The highest BCUT2D eigenvalue weighted by atomic mass is 35.5. The van der Waals surface area contributed by atoms with Gasteiger partial charge in [0, 0.05) is 64.5 Å². The van der Waals surface area contributed by atoms with E-state index >= 15 is 0 Å². The van der Waals surface area contributed by atoms with Crippen molar-refractivity contribution in [2.75, 3.05) is 13.1 Å². The molecule has 0 aliphatic rings. The molecule has 0 fully saturated rings. The molecular formula is C23H23Cl3N2O3. The average Bonchev–Trinajstić information content (AvgIpc) is 2.73. The molecule has 0 radical (unpaired) electrons. The second-order valence-corrected chi connectivity index (χ2v) is 8.52. The van der Waals surface area contributed by atoms with Gasteiger partial charge in [0.1, 0.15) is 17.2 Å². The molecule has 0 saturated heterocycles. The van der Waals surface area contributed by atoms with Crippen molar-refractivity contribution in [1.82, 2.24) is 10.2 Å². The van der Waals surface area contributed by atoms with Crippen molar-refractivity contribution in [3.63, 3.8) is 0 Å². The first-order valence-electron chi connectivity index (χ1n) is 9.67. The van der Waals surface area contributed by atoms with Crippen LogP contribution in [0.2, 0.25) is 15.1 Å². The Morgan fingerprint density at radius 2 is 1.06 bits per heavy atom. The maximum atomic E-state index is 10.2. The molecule has 0 aliphatic heterocycles. The van der Waals surface area contributed by atoms with Gasteiger partial charge in [-0.2, -0.15) is 0 Å². The molecule has 0 amide bonds. The quantitative estimate of drug-likeness (QED) is 0.301. The minimum Gasteiger partial charge on any atom is -0.508 e. The van der Waals surface area contributed by atoms with Crippen molar-refractivity contribution in [1.29, 1.82) is 0 Å². The lowest BCUT2D eigenvalue weighted by Crippen LogP contribution is -2.31. The van der Waals surface area contributed by atoms with E-state index in [1.54, 1.807) is 54.6 Å². The van der Waals surface area contributed by atoms with Crippen LogP contribution in [0.4, 0.5) is 0 Å². The molecule has 3 aromatic rings. The summed E-state index contributed by atoms with van der Waals surface area (Å²) in [7, 11) is 0. The predicted molar refractivity (Wildman–Crippen MR) is 125 cm³/mol. The first-order chi connectivity index (χ1) is 14.8. The third-order valence-corrected chi connectivity index (χ3v) is 5.54. The summed E-state index contributed by atoms with van der Waals surface area (Å²) in [6.07, 6.45) is 0. The SMILES string of the molecule is Oc1ccc(Cl)cc1CNCCN(Cc1cc(Cl)ccc1O)Cc1cc(Cl)ccc1O. The fourth-order valence-electron chi connectivity index (χ4n) is 3.21. The molecule has 0 bridgehead atoms. The summed E-state index contributed by atoms with van der Waals surface area (Å²) in [4.78, 5) is 2.06. The first kappa shape index (κ1) is 23.5. The number of rotatable bonds is 9. The topological polar surface area (TPSA) is 76.0 Å². The zero-order chi connectivity index (χ0) is 22.4. The molecule has 0 atom stereocenters. The molecule has 0 saturated carbocycles. The zero-order valence-electron chi connectivity index (χ0n) is 16.7. The lowest BCUT2D eigenvalue weighted by molar-refractivity contribution is 0.249. The Morgan fingerprint density at radius 1 is 0.645 bits per heavy atom. The van der Waals surface area contributed by atoms with Gasteiger partial charge in [-0.05, 0) is 54.6 Å². The van der Waals surface area contributed by atoms with Crippen LogP contribution in [0.15, 0.2) is 54.6 Å². The summed E-state index contributed by atoms with van der Waals surface area (Å²) in [5.74, 6) is 0.490. The molecule has 3 rings (SSSR count). The molecule has 0 aliphatic carbocycles. The summed E-state index contributed by atoms with van der Waals surface area (Å²) in [6, 6.07) is 14.7. The van der Waals surface area contributed by atoms with Crippen LogP contribution in [0.25, 0.3) is 0 Å². The van der Waals surface area contributed by atoms with Crippen molar-refractivity contribution in [3.8, 4) is 17.2 Å². The number of benzene rings is 3. The Labute approximate surface area is 196 Å². The molecule has 0 spiro atoms. The van der Waals surface area contributed by atoms with Gasteiger partial charge in [0.15, 0.2) is 0 Å². The van der Waals surface area contributed by atoms with Gasteiger partial charge >= 0.3 is 0 Å². The van der Waals surface area contributed by atoms with E-state index in [2.05, 4.69) is 10.2 Å². The number of aromatic hydroxyl groups is 3.